The minimum absolute atomic E-state index is 0.225. The van der Waals surface area contributed by atoms with Crippen molar-refractivity contribution in [3.05, 3.63) is 0 Å². The van der Waals surface area contributed by atoms with Crippen LogP contribution >= 0.6 is 0 Å². The van der Waals surface area contributed by atoms with Gasteiger partial charge in [-0.3, -0.25) is 4.79 Å². The summed E-state index contributed by atoms with van der Waals surface area (Å²) < 4.78 is 5.01. The van der Waals surface area contributed by atoms with Crippen molar-refractivity contribution in [2.75, 3.05) is 0 Å². The number of aliphatic hydroxyl groups is 1. The van der Waals surface area contributed by atoms with Gasteiger partial charge in [0.1, 0.15) is 11.7 Å². The molecule has 0 aliphatic heterocycles. The number of carbonyl (C=O) groups excluding carboxylic acids is 1. The van der Waals surface area contributed by atoms with Crippen molar-refractivity contribution in [3.63, 3.8) is 0 Å². The normalized spacial score (nSPS) is 16.2. The molecule has 0 saturated carbocycles. The number of carbonyl (C=O) groups is 1. The second kappa shape index (κ2) is 11.5. The van der Waals surface area contributed by atoms with Crippen molar-refractivity contribution in [2.45, 2.75) is 98.2 Å². The maximum Gasteiger partial charge on any atom is 0.302 e. The number of hydrogen-bond acceptors (Lipinski definition) is 3. The first-order valence-electron chi connectivity index (χ1n) is 9.02. The Labute approximate surface area is 143 Å². The monoisotopic (exact) mass is 324 g/mol. The quantitative estimate of drug-likeness (QED) is 0.467. The first-order chi connectivity index (χ1) is 10.6. The molecule has 0 aromatic rings. The Bertz CT molecular complexity index is 387. The average molecular weight is 325 g/mol. The van der Waals surface area contributed by atoms with Crippen LogP contribution in [0.15, 0.2) is 0 Å². The topological polar surface area (TPSA) is 46.5 Å². The molecule has 3 heteroatoms. The van der Waals surface area contributed by atoms with E-state index in [-0.39, 0.29) is 12.1 Å². The Morgan fingerprint density at radius 2 is 1.74 bits per heavy atom. The maximum absolute atomic E-state index is 10.8. The Hall–Kier alpha value is -1.01. The van der Waals surface area contributed by atoms with E-state index in [9.17, 15) is 9.90 Å². The van der Waals surface area contributed by atoms with Gasteiger partial charge in [-0.15, -0.1) is 0 Å². The molecule has 0 fully saturated rings. The molecule has 0 aromatic heterocycles. The van der Waals surface area contributed by atoms with Crippen molar-refractivity contribution < 1.29 is 14.6 Å². The van der Waals surface area contributed by atoms with Crippen LogP contribution in [0.3, 0.4) is 0 Å². The summed E-state index contributed by atoms with van der Waals surface area (Å²) in [5.41, 5.74) is -0.951. The maximum atomic E-state index is 10.8. The molecule has 0 aliphatic rings. The lowest BCUT2D eigenvalue weighted by Crippen LogP contribution is -2.21. The molecule has 0 aliphatic carbocycles. The van der Waals surface area contributed by atoms with E-state index in [1.165, 1.54) is 26.2 Å². The number of esters is 1. The van der Waals surface area contributed by atoms with Crippen molar-refractivity contribution in [1.82, 2.24) is 0 Å². The molecule has 134 valence electrons. The summed E-state index contributed by atoms with van der Waals surface area (Å²) >= 11 is 0. The summed E-state index contributed by atoms with van der Waals surface area (Å²) in [7, 11) is 0. The first-order valence-corrected chi connectivity index (χ1v) is 9.02. The molecule has 0 amide bonds. The molecule has 23 heavy (non-hydrogen) atoms. The predicted octanol–water partition coefficient (Wildman–Crippen LogP) is 4.72. The lowest BCUT2D eigenvalue weighted by atomic mass is 9.92. The molecule has 0 spiro atoms. The molecular formula is C20H36O3. The lowest BCUT2D eigenvalue weighted by molar-refractivity contribution is -0.145. The van der Waals surface area contributed by atoms with Crippen LogP contribution in [0.25, 0.3) is 0 Å². The van der Waals surface area contributed by atoms with Gasteiger partial charge in [0.2, 0.25) is 0 Å². The summed E-state index contributed by atoms with van der Waals surface area (Å²) in [6.45, 7) is 11.8. The number of hydrogen-bond donors (Lipinski definition) is 1. The third-order valence-electron chi connectivity index (χ3n) is 3.95. The van der Waals surface area contributed by atoms with Gasteiger partial charge in [-0.25, -0.2) is 0 Å². The van der Waals surface area contributed by atoms with Crippen LogP contribution in [-0.4, -0.2) is 22.8 Å². The summed E-state index contributed by atoms with van der Waals surface area (Å²) in [6, 6.07) is 0. The Morgan fingerprint density at radius 1 is 1.13 bits per heavy atom. The van der Waals surface area contributed by atoms with E-state index < -0.39 is 5.60 Å². The smallest absolute Gasteiger partial charge is 0.302 e. The largest absolute Gasteiger partial charge is 0.462 e. The highest BCUT2D eigenvalue weighted by Gasteiger charge is 2.17. The van der Waals surface area contributed by atoms with Crippen LogP contribution in [0.2, 0.25) is 0 Å². The highest BCUT2D eigenvalue weighted by molar-refractivity contribution is 5.66. The first kappa shape index (κ1) is 22.0. The molecule has 0 heterocycles. The third kappa shape index (κ3) is 14.3. The minimum atomic E-state index is -0.951. The van der Waals surface area contributed by atoms with Gasteiger partial charge in [-0.1, -0.05) is 58.3 Å². The lowest BCUT2D eigenvalue weighted by Gasteiger charge is -2.18. The highest BCUT2D eigenvalue weighted by Crippen LogP contribution is 2.20. The molecule has 3 unspecified atom stereocenters. The molecular weight excluding hydrogens is 288 g/mol. The summed E-state index contributed by atoms with van der Waals surface area (Å²) in [5.74, 6) is 7.05. The molecule has 0 rings (SSSR count). The summed E-state index contributed by atoms with van der Waals surface area (Å²) in [4.78, 5) is 10.8. The van der Waals surface area contributed by atoms with Crippen LogP contribution in [-0.2, 0) is 9.53 Å². The van der Waals surface area contributed by atoms with Gasteiger partial charge in [0.25, 0.3) is 0 Å². The van der Waals surface area contributed by atoms with Crippen LogP contribution < -0.4 is 0 Å². The van der Waals surface area contributed by atoms with Crippen LogP contribution in [0, 0.1) is 23.7 Å². The average Bonchev–Trinajstić information content (AvgIpc) is 2.36. The van der Waals surface area contributed by atoms with E-state index in [4.69, 9.17) is 4.74 Å². The fourth-order valence-corrected chi connectivity index (χ4v) is 2.59. The van der Waals surface area contributed by atoms with E-state index in [2.05, 4.69) is 32.6 Å². The van der Waals surface area contributed by atoms with Crippen molar-refractivity contribution in [1.29, 1.82) is 0 Å². The van der Waals surface area contributed by atoms with Crippen molar-refractivity contribution in [3.8, 4) is 11.8 Å². The Morgan fingerprint density at radius 3 is 2.30 bits per heavy atom. The standard InChI is InChI=1S/C20H36O3/c1-16(2)10-7-11-17(3)12-8-14-20(6,22)15-9-13-18(4)23-19(5)21/h16-18,22H,7-8,10-14H2,1-6H3. The van der Waals surface area contributed by atoms with Crippen molar-refractivity contribution in [2.24, 2.45) is 11.8 Å². The van der Waals surface area contributed by atoms with Gasteiger partial charge in [0, 0.05) is 13.3 Å². The van der Waals surface area contributed by atoms with Crippen LogP contribution in [0.5, 0.6) is 0 Å². The summed E-state index contributed by atoms with van der Waals surface area (Å²) in [5, 5.41) is 10.3. The van der Waals surface area contributed by atoms with E-state index in [0.717, 1.165) is 18.8 Å². The second-order valence-corrected chi connectivity index (χ2v) is 7.52. The SMILES string of the molecule is CC(=O)OC(C)CC#CC(C)(O)CCCC(C)CCCC(C)C. The second-order valence-electron chi connectivity index (χ2n) is 7.52. The molecule has 0 aromatic carbocycles. The Kier molecular flexibility index (Phi) is 11.0. The summed E-state index contributed by atoms with van der Waals surface area (Å²) in [6.07, 6.45) is 6.92. The molecule has 3 nitrogen and oxygen atoms in total. The fraction of sp³-hybridized carbons (Fsp3) is 0.850. The van der Waals surface area contributed by atoms with E-state index in [1.807, 2.05) is 6.92 Å². The molecule has 1 N–H and O–H groups in total. The zero-order valence-electron chi connectivity index (χ0n) is 15.9. The van der Waals surface area contributed by atoms with E-state index >= 15 is 0 Å². The van der Waals surface area contributed by atoms with Gasteiger partial charge in [-0.05, 0) is 38.5 Å². The van der Waals surface area contributed by atoms with Crippen LogP contribution in [0.1, 0.15) is 86.5 Å². The molecule has 3 atom stereocenters. The van der Waals surface area contributed by atoms with Crippen LogP contribution in [0.4, 0.5) is 0 Å². The zero-order chi connectivity index (χ0) is 17.9. The minimum Gasteiger partial charge on any atom is -0.462 e. The van der Waals surface area contributed by atoms with Gasteiger partial charge >= 0.3 is 5.97 Å². The molecule has 0 bridgehead atoms. The van der Waals surface area contributed by atoms with Gasteiger partial charge in [0.05, 0.1) is 0 Å². The van der Waals surface area contributed by atoms with E-state index in [0.29, 0.717) is 18.8 Å². The predicted molar refractivity (Wildman–Crippen MR) is 95.9 cm³/mol. The van der Waals surface area contributed by atoms with Gasteiger partial charge in [0.15, 0.2) is 0 Å². The fourth-order valence-electron chi connectivity index (χ4n) is 2.59. The van der Waals surface area contributed by atoms with Gasteiger partial charge in [-0.2, -0.15) is 0 Å². The van der Waals surface area contributed by atoms with Crippen molar-refractivity contribution >= 4 is 5.97 Å². The third-order valence-corrected chi connectivity index (χ3v) is 3.95. The molecule has 0 radical (unpaired) electrons. The number of ether oxygens (including phenoxy) is 1. The number of rotatable bonds is 10. The molecule has 0 saturated heterocycles. The highest BCUT2D eigenvalue weighted by atomic mass is 16.5. The van der Waals surface area contributed by atoms with E-state index in [1.54, 1.807) is 6.92 Å². The Balaban J connectivity index is 3.97. The van der Waals surface area contributed by atoms with Gasteiger partial charge < -0.3 is 9.84 Å². The zero-order valence-corrected chi connectivity index (χ0v) is 15.9.